The van der Waals surface area contributed by atoms with Gasteiger partial charge in [0.25, 0.3) is 5.56 Å². The van der Waals surface area contributed by atoms with Gasteiger partial charge in [0.15, 0.2) is 4.80 Å². The Labute approximate surface area is 228 Å². The van der Waals surface area contributed by atoms with Crippen molar-refractivity contribution in [2.45, 2.75) is 39.8 Å². The zero-order valence-electron chi connectivity index (χ0n) is 21.9. The van der Waals surface area contributed by atoms with E-state index in [9.17, 15) is 14.0 Å². The molecule has 0 unspecified atom stereocenters. The van der Waals surface area contributed by atoms with Crippen LogP contribution in [0.5, 0.6) is 5.75 Å². The number of hydrogen-bond acceptors (Lipinski definition) is 7. The molecular formula is C30H27FN2O5S. The summed E-state index contributed by atoms with van der Waals surface area (Å²) in [5, 5.41) is 0. The maximum Gasteiger partial charge on any atom is 0.338 e. The lowest BCUT2D eigenvalue weighted by molar-refractivity contribution is -0.139. The fourth-order valence-electron chi connectivity index (χ4n) is 4.48. The van der Waals surface area contributed by atoms with Crippen LogP contribution in [0.25, 0.3) is 17.4 Å². The van der Waals surface area contributed by atoms with Crippen LogP contribution in [0.4, 0.5) is 4.39 Å². The maximum atomic E-state index is 13.9. The number of halogens is 1. The standard InChI is InChI=1S/C30H27FN2O5S/c1-5-36-29(35)26-18(4)32-30-33(27(26)22-8-6-7-9-24(22)37-17(2)3)28(34)25(39-30)16-21-14-15-23(38-21)19-10-12-20(31)13-11-19/h6-17,27H,5H2,1-4H3/b25-16+/t27-/m1/s1. The lowest BCUT2D eigenvalue weighted by Crippen LogP contribution is -2.40. The molecule has 0 N–H and O–H groups in total. The highest BCUT2D eigenvalue weighted by Gasteiger charge is 2.35. The van der Waals surface area contributed by atoms with Crippen molar-refractivity contribution in [2.75, 3.05) is 6.61 Å². The molecule has 0 bridgehead atoms. The molecule has 39 heavy (non-hydrogen) atoms. The molecule has 0 fully saturated rings. The Hall–Kier alpha value is -4.24. The number of esters is 1. The summed E-state index contributed by atoms with van der Waals surface area (Å²) >= 11 is 1.20. The van der Waals surface area contributed by atoms with Crippen molar-refractivity contribution in [3.8, 4) is 17.1 Å². The Morgan fingerprint density at radius 2 is 1.90 bits per heavy atom. The molecule has 9 heteroatoms. The van der Waals surface area contributed by atoms with Crippen LogP contribution < -0.4 is 19.6 Å². The number of benzene rings is 2. The molecule has 2 aromatic heterocycles. The van der Waals surface area contributed by atoms with E-state index in [1.165, 1.54) is 28.0 Å². The molecule has 0 radical (unpaired) electrons. The van der Waals surface area contributed by atoms with E-state index in [1.54, 1.807) is 44.2 Å². The number of thiazole rings is 1. The van der Waals surface area contributed by atoms with Crippen molar-refractivity contribution in [2.24, 2.45) is 4.99 Å². The van der Waals surface area contributed by atoms with Crippen LogP contribution in [0.15, 0.2) is 86.1 Å². The van der Waals surface area contributed by atoms with Gasteiger partial charge in [0.1, 0.15) is 29.1 Å². The highest BCUT2D eigenvalue weighted by atomic mass is 32.1. The first-order chi connectivity index (χ1) is 18.8. The Bertz CT molecular complexity index is 1740. The SMILES string of the molecule is CCOC(=O)C1=C(C)N=c2s/c(=C/c3ccc(-c4ccc(F)cc4)o3)c(=O)n2[C@@H]1c1ccccc1OC(C)C. The molecule has 1 aliphatic heterocycles. The summed E-state index contributed by atoms with van der Waals surface area (Å²) in [6.07, 6.45) is 1.53. The molecule has 0 aliphatic carbocycles. The highest BCUT2D eigenvalue weighted by molar-refractivity contribution is 7.07. The van der Waals surface area contributed by atoms with Crippen LogP contribution in [-0.2, 0) is 9.53 Å². The van der Waals surface area contributed by atoms with Crippen molar-refractivity contribution < 1.29 is 23.1 Å². The molecule has 200 valence electrons. The minimum Gasteiger partial charge on any atom is -0.491 e. The van der Waals surface area contributed by atoms with Gasteiger partial charge in [-0.25, -0.2) is 14.2 Å². The van der Waals surface area contributed by atoms with Crippen molar-refractivity contribution in [1.82, 2.24) is 4.57 Å². The van der Waals surface area contributed by atoms with Crippen molar-refractivity contribution >= 4 is 23.4 Å². The fourth-order valence-corrected chi connectivity index (χ4v) is 5.51. The molecule has 7 nitrogen and oxygen atoms in total. The van der Waals surface area contributed by atoms with Crippen LogP contribution in [0.2, 0.25) is 0 Å². The Balaban J connectivity index is 1.66. The lowest BCUT2D eigenvalue weighted by Gasteiger charge is -2.26. The van der Waals surface area contributed by atoms with Gasteiger partial charge in [-0.05, 0) is 70.2 Å². The van der Waals surface area contributed by atoms with Crippen LogP contribution in [0.1, 0.15) is 45.1 Å². The summed E-state index contributed by atoms with van der Waals surface area (Å²) in [5.41, 5.74) is 1.81. The van der Waals surface area contributed by atoms with E-state index in [1.807, 2.05) is 38.1 Å². The number of allylic oxidation sites excluding steroid dienone is 1. The summed E-state index contributed by atoms with van der Waals surface area (Å²) in [6, 6.07) is 16.1. The molecule has 5 rings (SSSR count). The van der Waals surface area contributed by atoms with Gasteiger partial charge in [-0.1, -0.05) is 29.5 Å². The Kier molecular flexibility index (Phi) is 7.34. The number of hydrogen-bond donors (Lipinski definition) is 0. The predicted molar refractivity (Wildman–Crippen MR) is 147 cm³/mol. The number of nitrogens with zero attached hydrogens (tertiary/aromatic N) is 2. The summed E-state index contributed by atoms with van der Waals surface area (Å²) in [4.78, 5) is 32.1. The van der Waals surface area contributed by atoms with Gasteiger partial charge in [0.05, 0.1) is 28.5 Å². The molecular weight excluding hydrogens is 519 g/mol. The number of furan rings is 1. The van der Waals surface area contributed by atoms with Gasteiger partial charge in [-0.3, -0.25) is 9.36 Å². The summed E-state index contributed by atoms with van der Waals surface area (Å²) in [6.45, 7) is 7.49. The van der Waals surface area contributed by atoms with E-state index in [4.69, 9.17) is 13.9 Å². The minimum atomic E-state index is -0.788. The van der Waals surface area contributed by atoms with E-state index < -0.39 is 12.0 Å². The van der Waals surface area contributed by atoms with E-state index in [0.29, 0.717) is 43.4 Å². The molecule has 0 spiro atoms. The first kappa shape index (κ1) is 26.4. The third-order valence-electron chi connectivity index (χ3n) is 6.12. The number of carbonyl (C=O) groups is 1. The molecule has 2 aromatic carbocycles. The normalized spacial score (nSPS) is 15.3. The summed E-state index contributed by atoms with van der Waals surface area (Å²) < 4.78 is 32.6. The quantitative estimate of drug-likeness (QED) is 0.305. The average molecular weight is 547 g/mol. The minimum absolute atomic E-state index is 0.118. The monoisotopic (exact) mass is 546 g/mol. The van der Waals surface area contributed by atoms with E-state index in [-0.39, 0.29) is 29.7 Å². The number of para-hydroxylation sites is 1. The number of aromatic nitrogens is 1. The molecule has 0 saturated heterocycles. The summed E-state index contributed by atoms with van der Waals surface area (Å²) in [7, 11) is 0. The highest BCUT2D eigenvalue weighted by Crippen LogP contribution is 2.36. The summed E-state index contributed by atoms with van der Waals surface area (Å²) in [5.74, 6) is 0.707. The van der Waals surface area contributed by atoms with Crippen molar-refractivity contribution in [3.05, 3.63) is 109 Å². The molecule has 1 aliphatic rings. The van der Waals surface area contributed by atoms with Crippen molar-refractivity contribution in [1.29, 1.82) is 0 Å². The lowest BCUT2D eigenvalue weighted by atomic mass is 9.95. The molecule has 3 heterocycles. The zero-order chi connectivity index (χ0) is 27.7. The molecule has 1 atom stereocenters. The maximum absolute atomic E-state index is 13.9. The fraction of sp³-hybridized carbons (Fsp3) is 0.233. The first-order valence-corrected chi connectivity index (χ1v) is 13.4. The predicted octanol–water partition coefficient (Wildman–Crippen LogP) is 4.98. The third-order valence-corrected chi connectivity index (χ3v) is 7.11. The van der Waals surface area contributed by atoms with Crippen LogP contribution in [-0.4, -0.2) is 23.2 Å². The zero-order valence-corrected chi connectivity index (χ0v) is 22.8. The largest absolute Gasteiger partial charge is 0.491 e. The second-order valence-corrected chi connectivity index (χ2v) is 10.2. The van der Waals surface area contributed by atoms with Crippen LogP contribution >= 0.6 is 11.3 Å². The first-order valence-electron chi connectivity index (χ1n) is 12.6. The van der Waals surface area contributed by atoms with Gasteiger partial charge in [-0.2, -0.15) is 0 Å². The van der Waals surface area contributed by atoms with E-state index in [2.05, 4.69) is 4.99 Å². The number of fused-ring (bicyclic) bond motifs is 1. The van der Waals surface area contributed by atoms with E-state index in [0.717, 1.165) is 0 Å². The second-order valence-electron chi connectivity index (χ2n) is 9.22. The topological polar surface area (TPSA) is 83.0 Å². The van der Waals surface area contributed by atoms with Gasteiger partial charge < -0.3 is 13.9 Å². The molecule has 0 amide bonds. The number of ether oxygens (including phenoxy) is 2. The van der Waals surface area contributed by atoms with Crippen LogP contribution in [0.3, 0.4) is 0 Å². The van der Waals surface area contributed by atoms with Gasteiger partial charge in [-0.15, -0.1) is 0 Å². The average Bonchev–Trinajstić information content (AvgIpc) is 3.48. The van der Waals surface area contributed by atoms with E-state index >= 15 is 0 Å². The Morgan fingerprint density at radius 1 is 1.15 bits per heavy atom. The van der Waals surface area contributed by atoms with Gasteiger partial charge >= 0.3 is 5.97 Å². The Morgan fingerprint density at radius 3 is 2.62 bits per heavy atom. The van der Waals surface area contributed by atoms with Gasteiger partial charge in [0.2, 0.25) is 0 Å². The van der Waals surface area contributed by atoms with Gasteiger partial charge in [0, 0.05) is 17.2 Å². The molecule has 0 saturated carbocycles. The van der Waals surface area contributed by atoms with Crippen LogP contribution in [0, 0.1) is 5.82 Å². The third kappa shape index (κ3) is 5.22. The second kappa shape index (κ2) is 10.9. The molecule has 4 aromatic rings. The number of carbonyl (C=O) groups excluding carboxylic acids is 1. The smallest absolute Gasteiger partial charge is 0.338 e. The number of rotatable bonds is 7. The van der Waals surface area contributed by atoms with Crippen molar-refractivity contribution in [3.63, 3.8) is 0 Å².